The fraction of sp³-hybridized carbons (Fsp3) is 0.381. The number of ether oxygens (including phenoxy) is 1. The zero-order valence-electron chi connectivity index (χ0n) is 14.7. The van der Waals surface area contributed by atoms with E-state index in [1.165, 1.54) is 11.1 Å². The number of hydrogen-bond donors (Lipinski definition) is 0. The summed E-state index contributed by atoms with van der Waals surface area (Å²) in [5.41, 5.74) is 3.54. The molecule has 0 saturated carbocycles. The van der Waals surface area contributed by atoms with Crippen molar-refractivity contribution in [3.63, 3.8) is 0 Å². The summed E-state index contributed by atoms with van der Waals surface area (Å²) in [5.74, 6) is 1.25. The van der Waals surface area contributed by atoms with Crippen LogP contribution in [0.1, 0.15) is 44.2 Å². The summed E-state index contributed by atoms with van der Waals surface area (Å²) in [6.45, 7) is 6.91. The molecule has 126 valence electrons. The van der Waals surface area contributed by atoms with Gasteiger partial charge in [-0.25, -0.2) is 0 Å². The summed E-state index contributed by atoms with van der Waals surface area (Å²) in [7, 11) is 0. The Morgan fingerprint density at radius 1 is 1.04 bits per heavy atom. The molecule has 1 amide bonds. The molecular weight excluding hydrogens is 298 g/mol. The van der Waals surface area contributed by atoms with Crippen molar-refractivity contribution in [3.8, 4) is 5.75 Å². The second-order valence-corrected chi connectivity index (χ2v) is 6.71. The Kier molecular flexibility index (Phi) is 4.89. The Morgan fingerprint density at radius 2 is 1.75 bits per heavy atom. The first kappa shape index (κ1) is 16.6. The molecule has 3 rings (SSSR count). The smallest absolute Gasteiger partial charge is 0.267 e. The highest BCUT2D eigenvalue weighted by atomic mass is 16.5. The molecule has 1 heterocycles. The minimum Gasteiger partial charge on any atom is -0.481 e. The zero-order chi connectivity index (χ0) is 17.1. The van der Waals surface area contributed by atoms with Gasteiger partial charge in [0.2, 0.25) is 0 Å². The van der Waals surface area contributed by atoms with Gasteiger partial charge >= 0.3 is 0 Å². The van der Waals surface area contributed by atoms with Gasteiger partial charge in [-0.05, 0) is 55.0 Å². The molecule has 0 bridgehead atoms. The molecule has 3 nitrogen and oxygen atoms in total. The Bertz CT molecular complexity index is 706. The lowest BCUT2D eigenvalue weighted by Crippen LogP contribution is -2.43. The van der Waals surface area contributed by atoms with E-state index in [0.29, 0.717) is 5.92 Å². The number of para-hydroxylation sites is 1. The Labute approximate surface area is 144 Å². The normalized spacial score (nSPS) is 15.1. The van der Waals surface area contributed by atoms with Crippen LogP contribution in [0, 0.1) is 0 Å². The van der Waals surface area contributed by atoms with Crippen molar-refractivity contribution in [2.24, 2.45) is 0 Å². The van der Waals surface area contributed by atoms with Crippen LogP contribution < -0.4 is 9.64 Å². The molecule has 0 spiro atoms. The molecule has 24 heavy (non-hydrogen) atoms. The maximum Gasteiger partial charge on any atom is 0.267 e. The Morgan fingerprint density at radius 3 is 2.46 bits per heavy atom. The number of anilines is 1. The standard InChI is InChI=1S/C21H25NO2/c1-15(2)17-10-12-19(13-11-17)24-16(3)21(23)22-14-6-8-18-7-4-5-9-20(18)22/h4-5,7,9-13,15-16H,6,8,14H2,1-3H3. The fourth-order valence-electron chi connectivity index (χ4n) is 3.17. The van der Waals surface area contributed by atoms with Crippen molar-refractivity contribution in [1.29, 1.82) is 0 Å². The summed E-state index contributed by atoms with van der Waals surface area (Å²) < 4.78 is 5.89. The van der Waals surface area contributed by atoms with E-state index in [1.807, 2.05) is 42.2 Å². The van der Waals surface area contributed by atoms with Crippen molar-refractivity contribution in [2.45, 2.75) is 45.6 Å². The maximum absolute atomic E-state index is 12.8. The van der Waals surface area contributed by atoms with Crippen LogP contribution in [0.25, 0.3) is 0 Å². The lowest BCUT2D eigenvalue weighted by Gasteiger charge is -2.31. The van der Waals surface area contributed by atoms with Gasteiger partial charge < -0.3 is 9.64 Å². The molecule has 1 aliphatic heterocycles. The average molecular weight is 323 g/mol. The van der Waals surface area contributed by atoms with Crippen LogP contribution in [-0.4, -0.2) is 18.6 Å². The van der Waals surface area contributed by atoms with Gasteiger partial charge in [0.05, 0.1) is 0 Å². The van der Waals surface area contributed by atoms with Gasteiger partial charge in [-0.2, -0.15) is 0 Å². The fourth-order valence-corrected chi connectivity index (χ4v) is 3.17. The third-order valence-electron chi connectivity index (χ3n) is 4.58. The molecule has 2 aromatic rings. The number of benzene rings is 2. The van der Waals surface area contributed by atoms with E-state index >= 15 is 0 Å². The van der Waals surface area contributed by atoms with Crippen molar-refractivity contribution in [2.75, 3.05) is 11.4 Å². The molecular formula is C21H25NO2. The van der Waals surface area contributed by atoms with E-state index < -0.39 is 6.10 Å². The van der Waals surface area contributed by atoms with Gasteiger partial charge in [0.25, 0.3) is 5.91 Å². The van der Waals surface area contributed by atoms with Crippen LogP contribution >= 0.6 is 0 Å². The van der Waals surface area contributed by atoms with Gasteiger partial charge in [-0.1, -0.05) is 44.2 Å². The van der Waals surface area contributed by atoms with Crippen LogP contribution in [0.3, 0.4) is 0 Å². The number of nitrogens with zero attached hydrogens (tertiary/aromatic N) is 1. The van der Waals surface area contributed by atoms with Crippen molar-refractivity contribution < 1.29 is 9.53 Å². The summed E-state index contributed by atoms with van der Waals surface area (Å²) in [6.07, 6.45) is 1.53. The van der Waals surface area contributed by atoms with Crippen LogP contribution in [-0.2, 0) is 11.2 Å². The molecule has 0 fully saturated rings. The quantitative estimate of drug-likeness (QED) is 0.825. The van der Waals surface area contributed by atoms with Crippen molar-refractivity contribution >= 4 is 11.6 Å². The Balaban J connectivity index is 1.71. The van der Waals surface area contributed by atoms with E-state index in [4.69, 9.17) is 4.74 Å². The van der Waals surface area contributed by atoms with Gasteiger partial charge in [0.1, 0.15) is 5.75 Å². The first-order chi connectivity index (χ1) is 11.6. The van der Waals surface area contributed by atoms with Crippen LogP contribution in [0.15, 0.2) is 48.5 Å². The number of carbonyl (C=O) groups is 1. The number of rotatable bonds is 4. The Hall–Kier alpha value is -2.29. The molecule has 0 aromatic heterocycles. The van der Waals surface area contributed by atoms with Crippen molar-refractivity contribution in [1.82, 2.24) is 0 Å². The molecule has 1 atom stereocenters. The number of amides is 1. The predicted molar refractivity (Wildman–Crippen MR) is 97.7 cm³/mol. The number of hydrogen-bond acceptors (Lipinski definition) is 2. The average Bonchev–Trinajstić information content (AvgIpc) is 2.61. The lowest BCUT2D eigenvalue weighted by molar-refractivity contribution is -0.124. The van der Waals surface area contributed by atoms with E-state index in [1.54, 1.807) is 0 Å². The summed E-state index contributed by atoms with van der Waals surface area (Å²) in [5, 5.41) is 0. The monoisotopic (exact) mass is 323 g/mol. The minimum atomic E-state index is -0.499. The van der Waals surface area contributed by atoms with Crippen molar-refractivity contribution in [3.05, 3.63) is 59.7 Å². The van der Waals surface area contributed by atoms with Crippen LogP contribution in [0.4, 0.5) is 5.69 Å². The third-order valence-corrected chi connectivity index (χ3v) is 4.58. The lowest BCUT2D eigenvalue weighted by atomic mass is 10.0. The highest BCUT2D eigenvalue weighted by Crippen LogP contribution is 2.28. The van der Waals surface area contributed by atoms with Gasteiger partial charge in [-0.3, -0.25) is 4.79 Å². The SMILES string of the molecule is CC(Oc1ccc(C(C)C)cc1)C(=O)N1CCCc2ccccc21. The van der Waals surface area contributed by atoms with Gasteiger partial charge in [0.15, 0.2) is 6.10 Å². The zero-order valence-corrected chi connectivity index (χ0v) is 14.7. The first-order valence-electron chi connectivity index (χ1n) is 8.72. The van der Waals surface area contributed by atoms with Crippen LogP contribution in [0.2, 0.25) is 0 Å². The van der Waals surface area contributed by atoms with E-state index in [-0.39, 0.29) is 5.91 Å². The summed E-state index contributed by atoms with van der Waals surface area (Å²) >= 11 is 0. The highest BCUT2D eigenvalue weighted by molar-refractivity contribution is 5.97. The second kappa shape index (κ2) is 7.08. The molecule has 0 N–H and O–H groups in total. The number of fused-ring (bicyclic) bond motifs is 1. The van der Waals surface area contributed by atoms with Crippen LogP contribution in [0.5, 0.6) is 5.75 Å². The molecule has 2 aromatic carbocycles. The molecule has 1 unspecified atom stereocenters. The van der Waals surface area contributed by atoms with E-state index in [0.717, 1.165) is 30.8 Å². The number of aryl methyl sites for hydroxylation is 1. The maximum atomic E-state index is 12.8. The molecule has 0 saturated heterocycles. The minimum absolute atomic E-state index is 0.0232. The third kappa shape index (κ3) is 3.45. The second-order valence-electron chi connectivity index (χ2n) is 6.71. The predicted octanol–water partition coefficient (Wildman–Crippen LogP) is 4.56. The van der Waals surface area contributed by atoms with E-state index in [2.05, 4.69) is 32.0 Å². The van der Waals surface area contributed by atoms with Gasteiger partial charge in [0, 0.05) is 12.2 Å². The topological polar surface area (TPSA) is 29.5 Å². The number of carbonyl (C=O) groups excluding carboxylic acids is 1. The molecule has 1 aliphatic rings. The molecule has 3 heteroatoms. The highest BCUT2D eigenvalue weighted by Gasteiger charge is 2.27. The molecule has 0 aliphatic carbocycles. The van der Waals surface area contributed by atoms with Gasteiger partial charge in [-0.15, -0.1) is 0 Å². The van der Waals surface area contributed by atoms with E-state index in [9.17, 15) is 4.79 Å². The molecule has 0 radical (unpaired) electrons. The summed E-state index contributed by atoms with van der Waals surface area (Å²) in [6, 6.07) is 16.2. The summed E-state index contributed by atoms with van der Waals surface area (Å²) in [4.78, 5) is 14.7. The largest absolute Gasteiger partial charge is 0.481 e. The first-order valence-corrected chi connectivity index (χ1v) is 8.72.